The SMILES string of the molecule is COC1CNCCC1NC(=O)c1nc(Cl)c(C)[nH]1. The van der Waals surface area contributed by atoms with Crippen molar-refractivity contribution in [3.05, 3.63) is 16.7 Å². The molecule has 2 rings (SSSR count). The topological polar surface area (TPSA) is 79.0 Å². The molecular weight excluding hydrogens is 256 g/mol. The summed E-state index contributed by atoms with van der Waals surface area (Å²) in [5.74, 6) is -0.00941. The van der Waals surface area contributed by atoms with Gasteiger partial charge in [-0.15, -0.1) is 0 Å². The second-order valence-corrected chi connectivity index (χ2v) is 4.71. The number of hydrogen-bond acceptors (Lipinski definition) is 4. The molecule has 1 fully saturated rings. The number of rotatable bonds is 3. The summed E-state index contributed by atoms with van der Waals surface area (Å²) in [6.07, 6.45) is 0.812. The van der Waals surface area contributed by atoms with Crippen molar-refractivity contribution >= 4 is 17.5 Å². The number of imidazole rings is 1. The van der Waals surface area contributed by atoms with Gasteiger partial charge in [0.25, 0.3) is 5.91 Å². The zero-order valence-electron chi connectivity index (χ0n) is 10.4. The normalized spacial score (nSPS) is 23.9. The number of aromatic amines is 1. The van der Waals surface area contributed by atoms with Crippen LogP contribution in [0, 0.1) is 6.92 Å². The summed E-state index contributed by atoms with van der Waals surface area (Å²) in [5.41, 5.74) is 0.690. The molecule has 1 amide bonds. The number of aromatic nitrogens is 2. The molecule has 6 nitrogen and oxygen atoms in total. The predicted octanol–water partition coefficient (Wildman–Crippen LogP) is 0.478. The summed E-state index contributed by atoms with van der Waals surface area (Å²) < 4.78 is 5.34. The van der Waals surface area contributed by atoms with Gasteiger partial charge in [-0.2, -0.15) is 0 Å². The van der Waals surface area contributed by atoms with Crippen LogP contribution in [-0.4, -0.2) is 48.2 Å². The first kappa shape index (κ1) is 13.3. The largest absolute Gasteiger partial charge is 0.378 e. The zero-order valence-corrected chi connectivity index (χ0v) is 11.2. The number of carbonyl (C=O) groups excluding carboxylic acids is 1. The molecule has 7 heteroatoms. The molecule has 100 valence electrons. The highest BCUT2D eigenvalue weighted by atomic mass is 35.5. The van der Waals surface area contributed by atoms with E-state index in [0.717, 1.165) is 19.5 Å². The van der Waals surface area contributed by atoms with Gasteiger partial charge < -0.3 is 20.4 Å². The van der Waals surface area contributed by atoms with Crippen molar-refractivity contribution in [2.45, 2.75) is 25.5 Å². The second kappa shape index (κ2) is 5.69. The average molecular weight is 273 g/mol. The molecule has 0 saturated carbocycles. The standard InChI is InChI=1S/C11H17ClN4O2/c1-6-9(12)16-10(14-6)11(17)15-7-3-4-13-5-8(7)18-2/h7-8,13H,3-5H2,1-2H3,(H,14,16)(H,15,17). The second-order valence-electron chi connectivity index (χ2n) is 4.35. The van der Waals surface area contributed by atoms with E-state index in [4.69, 9.17) is 16.3 Å². The van der Waals surface area contributed by atoms with Gasteiger partial charge in [-0.1, -0.05) is 11.6 Å². The number of nitrogens with zero attached hydrogens (tertiary/aromatic N) is 1. The minimum Gasteiger partial charge on any atom is -0.378 e. The van der Waals surface area contributed by atoms with Crippen LogP contribution in [0.2, 0.25) is 5.15 Å². The van der Waals surface area contributed by atoms with Crippen LogP contribution < -0.4 is 10.6 Å². The van der Waals surface area contributed by atoms with Gasteiger partial charge >= 0.3 is 0 Å². The lowest BCUT2D eigenvalue weighted by atomic mass is 10.0. The Labute approximate surface area is 110 Å². The van der Waals surface area contributed by atoms with Gasteiger partial charge in [0.2, 0.25) is 0 Å². The zero-order chi connectivity index (χ0) is 13.1. The number of ether oxygens (including phenoxy) is 1. The molecule has 1 aromatic rings. The fourth-order valence-corrected chi connectivity index (χ4v) is 2.16. The maximum atomic E-state index is 12.0. The first-order chi connectivity index (χ1) is 8.61. The van der Waals surface area contributed by atoms with E-state index < -0.39 is 0 Å². The van der Waals surface area contributed by atoms with Crippen molar-refractivity contribution in [2.24, 2.45) is 0 Å². The Bertz CT molecular complexity index is 415. The number of carbonyl (C=O) groups is 1. The van der Waals surface area contributed by atoms with Crippen LogP contribution in [0.15, 0.2) is 0 Å². The maximum absolute atomic E-state index is 12.0. The van der Waals surface area contributed by atoms with Crippen LogP contribution in [0.5, 0.6) is 0 Å². The first-order valence-corrected chi connectivity index (χ1v) is 6.26. The molecule has 0 aromatic carbocycles. The summed E-state index contributed by atoms with van der Waals surface area (Å²) >= 11 is 5.82. The van der Waals surface area contributed by atoms with Crippen molar-refractivity contribution in [3.63, 3.8) is 0 Å². The van der Waals surface area contributed by atoms with Gasteiger partial charge in [0.15, 0.2) is 11.0 Å². The Morgan fingerprint density at radius 1 is 1.61 bits per heavy atom. The first-order valence-electron chi connectivity index (χ1n) is 5.88. The number of aryl methyl sites for hydroxylation is 1. The van der Waals surface area contributed by atoms with Crippen LogP contribution in [0.3, 0.4) is 0 Å². The summed E-state index contributed by atoms with van der Waals surface area (Å²) in [6.45, 7) is 3.37. The molecule has 1 aliphatic heterocycles. The van der Waals surface area contributed by atoms with E-state index in [9.17, 15) is 4.79 Å². The van der Waals surface area contributed by atoms with E-state index in [0.29, 0.717) is 10.8 Å². The fraction of sp³-hybridized carbons (Fsp3) is 0.636. The average Bonchev–Trinajstić information content (AvgIpc) is 2.70. The van der Waals surface area contributed by atoms with Crippen molar-refractivity contribution in [3.8, 4) is 0 Å². The van der Waals surface area contributed by atoms with Gasteiger partial charge in [0.05, 0.1) is 17.8 Å². The summed E-state index contributed by atoms with van der Waals surface area (Å²) in [7, 11) is 1.64. The molecule has 0 radical (unpaired) electrons. The minimum absolute atomic E-state index is 0.00654. The molecule has 3 N–H and O–H groups in total. The smallest absolute Gasteiger partial charge is 0.287 e. The molecule has 2 atom stereocenters. The quantitative estimate of drug-likeness (QED) is 0.748. The number of hydrogen-bond donors (Lipinski definition) is 3. The minimum atomic E-state index is -0.251. The Morgan fingerprint density at radius 3 is 3.00 bits per heavy atom. The Kier molecular flexibility index (Phi) is 4.21. The molecular formula is C11H17ClN4O2. The van der Waals surface area contributed by atoms with E-state index in [-0.39, 0.29) is 23.9 Å². The number of halogens is 1. The molecule has 2 heterocycles. The van der Waals surface area contributed by atoms with Crippen LogP contribution in [0.1, 0.15) is 22.7 Å². The lowest BCUT2D eigenvalue weighted by molar-refractivity contribution is 0.0473. The summed E-state index contributed by atoms with van der Waals surface area (Å²) in [5, 5.41) is 6.47. The van der Waals surface area contributed by atoms with Crippen molar-refractivity contribution in [2.75, 3.05) is 20.2 Å². The third-order valence-corrected chi connectivity index (χ3v) is 3.45. The summed E-state index contributed by atoms with van der Waals surface area (Å²) in [6, 6.07) is -0.00654. The highest BCUT2D eigenvalue weighted by molar-refractivity contribution is 6.30. The fourth-order valence-electron chi connectivity index (χ4n) is 2.03. The van der Waals surface area contributed by atoms with E-state index in [2.05, 4.69) is 20.6 Å². The molecule has 0 bridgehead atoms. The Balaban J connectivity index is 2.01. The molecule has 0 spiro atoms. The molecule has 1 saturated heterocycles. The van der Waals surface area contributed by atoms with Crippen LogP contribution in [0.4, 0.5) is 0 Å². The Morgan fingerprint density at radius 2 is 2.39 bits per heavy atom. The van der Waals surface area contributed by atoms with E-state index in [1.807, 2.05) is 0 Å². The lowest BCUT2D eigenvalue weighted by Crippen LogP contribution is -2.53. The molecule has 0 aliphatic carbocycles. The summed E-state index contributed by atoms with van der Waals surface area (Å²) in [4.78, 5) is 18.8. The molecule has 2 unspecified atom stereocenters. The van der Waals surface area contributed by atoms with E-state index in [1.54, 1.807) is 14.0 Å². The van der Waals surface area contributed by atoms with Gasteiger partial charge in [-0.25, -0.2) is 4.98 Å². The molecule has 18 heavy (non-hydrogen) atoms. The molecule has 1 aromatic heterocycles. The van der Waals surface area contributed by atoms with Crippen molar-refractivity contribution in [1.82, 2.24) is 20.6 Å². The monoisotopic (exact) mass is 272 g/mol. The number of amides is 1. The number of H-pyrrole nitrogens is 1. The maximum Gasteiger partial charge on any atom is 0.287 e. The third kappa shape index (κ3) is 2.82. The third-order valence-electron chi connectivity index (χ3n) is 3.09. The predicted molar refractivity (Wildman–Crippen MR) is 67.9 cm³/mol. The highest BCUT2D eigenvalue weighted by Gasteiger charge is 2.27. The van der Waals surface area contributed by atoms with Gasteiger partial charge in [0, 0.05) is 13.7 Å². The van der Waals surface area contributed by atoms with Gasteiger partial charge in [0.1, 0.15) is 0 Å². The Hall–Kier alpha value is -1.11. The van der Waals surface area contributed by atoms with Crippen molar-refractivity contribution < 1.29 is 9.53 Å². The number of methoxy groups -OCH3 is 1. The molecule has 1 aliphatic rings. The van der Waals surface area contributed by atoms with Crippen LogP contribution in [0.25, 0.3) is 0 Å². The lowest BCUT2D eigenvalue weighted by Gasteiger charge is -2.31. The van der Waals surface area contributed by atoms with Gasteiger partial charge in [-0.3, -0.25) is 4.79 Å². The van der Waals surface area contributed by atoms with E-state index in [1.165, 1.54) is 0 Å². The van der Waals surface area contributed by atoms with E-state index >= 15 is 0 Å². The van der Waals surface area contributed by atoms with Crippen molar-refractivity contribution in [1.29, 1.82) is 0 Å². The van der Waals surface area contributed by atoms with Gasteiger partial charge in [-0.05, 0) is 19.9 Å². The van der Waals surface area contributed by atoms with Crippen LogP contribution in [-0.2, 0) is 4.74 Å². The number of nitrogens with one attached hydrogen (secondary N) is 3. The number of piperidine rings is 1. The van der Waals surface area contributed by atoms with Crippen LogP contribution >= 0.6 is 11.6 Å². The highest BCUT2D eigenvalue weighted by Crippen LogP contribution is 2.12.